The normalized spacial score (nSPS) is 12.8. The van der Waals surface area contributed by atoms with Crippen LogP contribution in [-0.4, -0.2) is 17.1 Å². The van der Waals surface area contributed by atoms with Crippen molar-refractivity contribution in [2.75, 3.05) is 0 Å². The minimum Gasteiger partial charge on any atom is -0.481 e. The Morgan fingerprint density at radius 3 is 2.69 bits per heavy atom. The number of carbonyl (C=O) groups is 1. The zero-order valence-electron chi connectivity index (χ0n) is 8.77. The molecule has 0 saturated carbocycles. The Hall–Kier alpha value is -0.880. The maximum atomic E-state index is 10.5. The van der Waals surface area contributed by atoms with Gasteiger partial charge in [-0.2, -0.15) is 0 Å². The molecule has 4 heteroatoms. The highest BCUT2D eigenvalue weighted by Crippen LogP contribution is 2.06. The first-order valence-electron chi connectivity index (χ1n) is 5.02. The summed E-state index contributed by atoms with van der Waals surface area (Å²) in [6, 6.07) is 9.94. The Morgan fingerprint density at radius 2 is 2.12 bits per heavy atom. The van der Waals surface area contributed by atoms with Crippen LogP contribution in [0.25, 0.3) is 6.08 Å². The van der Waals surface area contributed by atoms with Crippen LogP contribution in [0.3, 0.4) is 0 Å². The molecule has 0 saturated heterocycles. The molecule has 1 aromatic rings. The fourth-order valence-corrected chi connectivity index (χ4v) is 1.78. The van der Waals surface area contributed by atoms with Crippen LogP contribution < -0.4 is 3.53 Å². The van der Waals surface area contributed by atoms with Gasteiger partial charge in [0, 0.05) is 28.9 Å². The van der Waals surface area contributed by atoms with Crippen molar-refractivity contribution in [2.45, 2.75) is 18.9 Å². The smallest absolute Gasteiger partial charge is 0.304 e. The number of aliphatic carboxylic acids is 1. The van der Waals surface area contributed by atoms with Gasteiger partial charge in [-0.3, -0.25) is 8.32 Å². The summed E-state index contributed by atoms with van der Waals surface area (Å²) < 4.78 is 2.96. The second kappa shape index (κ2) is 7.40. The van der Waals surface area contributed by atoms with Gasteiger partial charge in [-0.1, -0.05) is 42.5 Å². The molecule has 0 fully saturated rings. The lowest BCUT2D eigenvalue weighted by atomic mass is 10.1. The SMILES string of the molecule is O=C(O)CC(CC=Cc1ccccc1)NI. The van der Waals surface area contributed by atoms with Crippen molar-refractivity contribution in [1.29, 1.82) is 0 Å². The van der Waals surface area contributed by atoms with Crippen molar-refractivity contribution in [3.05, 3.63) is 42.0 Å². The fourth-order valence-electron chi connectivity index (χ4n) is 1.31. The summed E-state index contributed by atoms with van der Waals surface area (Å²) in [5.74, 6) is -0.776. The molecule has 0 aliphatic rings. The van der Waals surface area contributed by atoms with Crippen molar-refractivity contribution < 1.29 is 9.90 Å². The molecular weight excluding hydrogens is 317 g/mol. The van der Waals surface area contributed by atoms with Crippen LogP contribution in [0.2, 0.25) is 0 Å². The first-order chi connectivity index (χ1) is 7.72. The van der Waals surface area contributed by atoms with E-state index in [2.05, 4.69) is 3.53 Å². The van der Waals surface area contributed by atoms with Crippen molar-refractivity contribution in [3.63, 3.8) is 0 Å². The molecule has 0 aliphatic carbocycles. The average molecular weight is 331 g/mol. The average Bonchev–Trinajstić information content (AvgIpc) is 2.28. The maximum Gasteiger partial charge on any atom is 0.304 e. The topological polar surface area (TPSA) is 49.3 Å². The third-order valence-electron chi connectivity index (χ3n) is 2.11. The molecule has 86 valence electrons. The van der Waals surface area contributed by atoms with E-state index in [0.717, 1.165) is 5.56 Å². The van der Waals surface area contributed by atoms with Gasteiger partial charge in [-0.15, -0.1) is 0 Å². The van der Waals surface area contributed by atoms with Crippen molar-refractivity contribution in [2.24, 2.45) is 0 Å². The van der Waals surface area contributed by atoms with Gasteiger partial charge in [-0.05, 0) is 12.0 Å². The van der Waals surface area contributed by atoms with Gasteiger partial charge in [0.25, 0.3) is 0 Å². The summed E-state index contributed by atoms with van der Waals surface area (Å²) in [6.45, 7) is 0. The van der Waals surface area contributed by atoms with Crippen molar-refractivity contribution in [3.8, 4) is 0 Å². The predicted octanol–water partition coefficient (Wildman–Crippen LogP) is 2.87. The minimum atomic E-state index is -0.776. The summed E-state index contributed by atoms with van der Waals surface area (Å²) in [5.41, 5.74) is 1.13. The van der Waals surface area contributed by atoms with Gasteiger partial charge in [0.2, 0.25) is 0 Å². The molecule has 2 N–H and O–H groups in total. The molecule has 0 radical (unpaired) electrons. The van der Waals surface area contributed by atoms with E-state index in [9.17, 15) is 4.79 Å². The van der Waals surface area contributed by atoms with E-state index in [0.29, 0.717) is 6.42 Å². The number of rotatable bonds is 6. The van der Waals surface area contributed by atoms with E-state index >= 15 is 0 Å². The highest BCUT2D eigenvalue weighted by Gasteiger charge is 2.09. The summed E-state index contributed by atoms with van der Waals surface area (Å²) in [4.78, 5) is 10.5. The summed E-state index contributed by atoms with van der Waals surface area (Å²) in [6.07, 6.45) is 4.85. The van der Waals surface area contributed by atoms with Crippen molar-refractivity contribution in [1.82, 2.24) is 3.53 Å². The van der Waals surface area contributed by atoms with Gasteiger partial charge >= 0.3 is 5.97 Å². The molecule has 0 spiro atoms. The van der Waals surface area contributed by atoms with Crippen molar-refractivity contribution >= 4 is 34.9 Å². The molecule has 1 unspecified atom stereocenters. The second-order valence-corrected chi connectivity index (χ2v) is 4.08. The third kappa shape index (κ3) is 5.27. The number of hydrogen-bond donors (Lipinski definition) is 2. The fraction of sp³-hybridized carbons (Fsp3) is 0.250. The molecule has 0 amide bonds. The van der Waals surface area contributed by atoms with Crippen LogP contribution in [0, 0.1) is 0 Å². The maximum absolute atomic E-state index is 10.5. The van der Waals surface area contributed by atoms with Crippen LogP contribution in [0.1, 0.15) is 18.4 Å². The highest BCUT2D eigenvalue weighted by atomic mass is 127. The lowest BCUT2D eigenvalue weighted by Gasteiger charge is -2.08. The Labute approximate surface area is 109 Å². The number of benzene rings is 1. The number of carboxylic acid groups (broad SMARTS) is 1. The summed E-state index contributed by atoms with van der Waals surface area (Å²) in [5, 5.41) is 8.66. The molecular formula is C12H14INO2. The van der Waals surface area contributed by atoms with E-state index in [4.69, 9.17) is 5.11 Å². The Morgan fingerprint density at radius 1 is 1.44 bits per heavy atom. The van der Waals surface area contributed by atoms with Gasteiger partial charge in [0.1, 0.15) is 0 Å². The molecule has 16 heavy (non-hydrogen) atoms. The molecule has 3 nitrogen and oxygen atoms in total. The number of carboxylic acids is 1. The van der Waals surface area contributed by atoms with Crippen LogP contribution in [0.4, 0.5) is 0 Å². The Balaban J connectivity index is 2.43. The summed E-state index contributed by atoms with van der Waals surface area (Å²) >= 11 is 1.99. The summed E-state index contributed by atoms with van der Waals surface area (Å²) in [7, 11) is 0. The number of hydrogen-bond acceptors (Lipinski definition) is 2. The largest absolute Gasteiger partial charge is 0.481 e. The minimum absolute atomic E-state index is 0.0157. The zero-order chi connectivity index (χ0) is 11.8. The first-order valence-corrected chi connectivity index (χ1v) is 6.10. The quantitative estimate of drug-likeness (QED) is 0.623. The monoisotopic (exact) mass is 331 g/mol. The highest BCUT2D eigenvalue weighted by molar-refractivity contribution is 14.1. The first kappa shape index (κ1) is 13.2. The number of halogens is 1. The van der Waals surface area contributed by atoms with Crippen LogP contribution >= 0.6 is 22.9 Å². The lowest BCUT2D eigenvalue weighted by molar-refractivity contribution is -0.137. The molecule has 0 aromatic heterocycles. The van der Waals surface area contributed by atoms with E-state index in [1.807, 2.05) is 65.3 Å². The Kier molecular flexibility index (Phi) is 6.10. The van der Waals surface area contributed by atoms with Crippen LogP contribution in [0.5, 0.6) is 0 Å². The third-order valence-corrected chi connectivity index (χ3v) is 2.99. The van der Waals surface area contributed by atoms with Gasteiger partial charge in [0.15, 0.2) is 0 Å². The second-order valence-electron chi connectivity index (χ2n) is 3.45. The van der Waals surface area contributed by atoms with Gasteiger partial charge < -0.3 is 5.11 Å². The van der Waals surface area contributed by atoms with Gasteiger partial charge in [-0.25, -0.2) is 0 Å². The number of nitrogens with one attached hydrogen (secondary N) is 1. The van der Waals surface area contributed by atoms with E-state index in [1.165, 1.54) is 0 Å². The molecule has 0 aliphatic heterocycles. The van der Waals surface area contributed by atoms with E-state index in [1.54, 1.807) is 0 Å². The van der Waals surface area contributed by atoms with Gasteiger partial charge in [0.05, 0.1) is 6.42 Å². The van der Waals surface area contributed by atoms with Crippen LogP contribution in [0.15, 0.2) is 36.4 Å². The predicted molar refractivity (Wildman–Crippen MR) is 73.3 cm³/mol. The molecule has 1 aromatic carbocycles. The molecule has 1 atom stereocenters. The molecule has 1 rings (SSSR count). The van der Waals surface area contributed by atoms with Crippen LogP contribution in [-0.2, 0) is 4.79 Å². The zero-order valence-corrected chi connectivity index (χ0v) is 10.9. The van der Waals surface area contributed by atoms with E-state index in [-0.39, 0.29) is 12.5 Å². The standard InChI is InChI=1S/C12H14INO2/c13-14-11(9-12(15)16)8-4-7-10-5-2-1-3-6-10/h1-7,11,14H,8-9H2,(H,15,16). The van der Waals surface area contributed by atoms with E-state index < -0.39 is 5.97 Å². The molecule has 0 bridgehead atoms. The lowest BCUT2D eigenvalue weighted by Crippen LogP contribution is -2.22. The Bertz CT molecular complexity index is 351. The molecule has 0 heterocycles.